The maximum atomic E-state index is 12.4. The Morgan fingerprint density at radius 1 is 1.63 bits per heavy atom. The molecule has 7 heteroatoms. The van der Waals surface area contributed by atoms with E-state index >= 15 is 0 Å². The Morgan fingerprint density at radius 2 is 2.37 bits per heavy atom. The number of carbonyl (C=O) groups excluding carboxylic acids is 1. The van der Waals surface area contributed by atoms with Crippen molar-refractivity contribution in [2.45, 2.75) is 25.8 Å². The Morgan fingerprint density at radius 3 is 2.89 bits per heavy atom. The van der Waals surface area contributed by atoms with Crippen LogP contribution in [0.3, 0.4) is 0 Å². The molecule has 1 aliphatic heterocycles. The van der Waals surface area contributed by atoms with Gasteiger partial charge in [-0.1, -0.05) is 0 Å². The van der Waals surface area contributed by atoms with Crippen molar-refractivity contribution in [2.24, 2.45) is 0 Å². The molecule has 1 fully saturated rings. The lowest BCUT2D eigenvalue weighted by atomic mass is 10.2. The molecule has 0 radical (unpaired) electrons. The summed E-state index contributed by atoms with van der Waals surface area (Å²) in [6.45, 7) is 2.67. The minimum atomic E-state index is -0.545. The fourth-order valence-electron chi connectivity index (χ4n) is 2.31. The molecular formula is C12H16N4O3. The van der Waals surface area contributed by atoms with Crippen LogP contribution in [0.5, 0.6) is 0 Å². The molecule has 0 spiro atoms. The van der Waals surface area contributed by atoms with E-state index in [2.05, 4.69) is 10.3 Å². The van der Waals surface area contributed by atoms with Gasteiger partial charge in [0.2, 0.25) is 0 Å². The van der Waals surface area contributed by atoms with Crippen LogP contribution in [-0.4, -0.2) is 40.3 Å². The number of pyridine rings is 1. The van der Waals surface area contributed by atoms with Crippen LogP contribution < -0.4 is 5.32 Å². The van der Waals surface area contributed by atoms with E-state index in [-0.39, 0.29) is 23.2 Å². The van der Waals surface area contributed by atoms with E-state index in [1.807, 2.05) is 6.92 Å². The van der Waals surface area contributed by atoms with E-state index in [1.165, 1.54) is 6.07 Å². The zero-order valence-electron chi connectivity index (χ0n) is 10.9. The van der Waals surface area contributed by atoms with E-state index in [1.54, 1.807) is 11.9 Å². The first kappa shape index (κ1) is 13.3. The van der Waals surface area contributed by atoms with E-state index in [0.717, 1.165) is 19.0 Å². The SMILES string of the molecule is CNc1ncc([N+](=O)[O-])cc1C(=O)N1CCCC1C. The van der Waals surface area contributed by atoms with Crippen LogP contribution in [0.4, 0.5) is 11.5 Å². The van der Waals surface area contributed by atoms with Crippen molar-refractivity contribution in [2.75, 3.05) is 18.9 Å². The summed E-state index contributed by atoms with van der Waals surface area (Å²) in [5.74, 6) is 0.167. The third kappa shape index (κ3) is 2.49. The van der Waals surface area contributed by atoms with Crippen LogP contribution in [-0.2, 0) is 0 Å². The van der Waals surface area contributed by atoms with Crippen LogP contribution in [0.2, 0.25) is 0 Å². The molecule has 1 aliphatic rings. The smallest absolute Gasteiger partial charge is 0.288 e. The van der Waals surface area contributed by atoms with Crippen LogP contribution >= 0.6 is 0 Å². The van der Waals surface area contributed by atoms with Crippen molar-refractivity contribution < 1.29 is 9.72 Å². The number of hydrogen-bond donors (Lipinski definition) is 1. The molecule has 1 atom stereocenters. The van der Waals surface area contributed by atoms with E-state index in [4.69, 9.17) is 0 Å². The number of likely N-dealkylation sites (tertiary alicyclic amines) is 1. The predicted molar refractivity (Wildman–Crippen MR) is 70.2 cm³/mol. The maximum absolute atomic E-state index is 12.4. The van der Waals surface area contributed by atoms with E-state index < -0.39 is 4.92 Å². The molecule has 19 heavy (non-hydrogen) atoms. The highest BCUT2D eigenvalue weighted by molar-refractivity contribution is 5.99. The van der Waals surface area contributed by atoms with Gasteiger partial charge in [-0.2, -0.15) is 0 Å². The molecule has 2 rings (SSSR count). The molecule has 1 N–H and O–H groups in total. The van der Waals surface area contributed by atoms with Gasteiger partial charge in [-0.05, 0) is 19.8 Å². The number of rotatable bonds is 3. The van der Waals surface area contributed by atoms with Gasteiger partial charge < -0.3 is 10.2 Å². The van der Waals surface area contributed by atoms with Gasteiger partial charge in [0, 0.05) is 25.7 Å². The summed E-state index contributed by atoms with van der Waals surface area (Å²) in [6.07, 6.45) is 3.07. The Balaban J connectivity index is 2.38. The van der Waals surface area contributed by atoms with Gasteiger partial charge in [0.25, 0.3) is 11.6 Å². The van der Waals surface area contributed by atoms with Crippen LogP contribution in [0.15, 0.2) is 12.3 Å². The van der Waals surface area contributed by atoms with Crippen molar-refractivity contribution in [3.63, 3.8) is 0 Å². The number of hydrogen-bond acceptors (Lipinski definition) is 5. The molecule has 2 heterocycles. The van der Waals surface area contributed by atoms with Gasteiger partial charge in [-0.15, -0.1) is 0 Å². The lowest BCUT2D eigenvalue weighted by Crippen LogP contribution is -2.34. The molecule has 7 nitrogen and oxygen atoms in total. The first-order valence-electron chi connectivity index (χ1n) is 6.17. The average Bonchev–Trinajstić information content (AvgIpc) is 2.83. The Labute approximate surface area is 110 Å². The van der Waals surface area contributed by atoms with Gasteiger partial charge in [0.05, 0.1) is 10.5 Å². The Bertz CT molecular complexity index is 518. The molecular weight excluding hydrogens is 248 g/mol. The quantitative estimate of drug-likeness (QED) is 0.662. The average molecular weight is 264 g/mol. The summed E-state index contributed by atoms with van der Waals surface area (Å²) in [5.41, 5.74) is 0.0830. The third-order valence-corrected chi connectivity index (χ3v) is 3.37. The number of nitrogens with one attached hydrogen (secondary N) is 1. The van der Waals surface area contributed by atoms with E-state index in [0.29, 0.717) is 12.4 Å². The number of carbonyl (C=O) groups is 1. The van der Waals surface area contributed by atoms with Gasteiger partial charge in [0.15, 0.2) is 0 Å². The normalized spacial score (nSPS) is 18.4. The molecule has 1 aromatic heterocycles. The molecule has 0 saturated carbocycles. The predicted octanol–water partition coefficient (Wildman–Crippen LogP) is 1.66. The Hall–Kier alpha value is -2.18. The van der Waals surface area contributed by atoms with Crippen LogP contribution in [0.25, 0.3) is 0 Å². The van der Waals surface area contributed by atoms with E-state index in [9.17, 15) is 14.9 Å². The summed E-state index contributed by atoms with van der Waals surface area (Å²) in [4.78, 5) is 28.3. The second-order valence-electron chi connectivity index (χ2n) is 4.59. The van der Waals surface area contributed by atoms with Crippen LogP contribution in [0, 0.1) is 10.1 Å². The minimum Gasteiger partial charge on any atom is -0.372 e. The minimum absolute atomic E-state index is 0.163. The van der Waals surface area contributed by atoms with Crippen molar-refractivity contribution >= 4 is 17.4 Å². The Kier molecular flexibility index (Phi) is 3.64. The topological polar surface area (TPSA) is 88.4 Å². The molecule has 1 saturated heterocycles. The number of anilines is 1. The first-order chi connectivity index (χ1) is 9.04. The van der Waals surface area contributed by atoms with Crippen molar-refractivity contribution in [3.8, 4) is 0 Å². The van der Waals surface area contributed by atoms with Crippen molar-refractivity contribution in [3.05, 3.63) is 27.9 Å². The fraction of sp³-hybridized carbons (Fsp3) is 0.500. The molecule has 0 bridgehead atoms. The van der Waals surface area contributed by atoms with Gasteiger partial charge in [-0.25, -0.2) is 4.98 Å². The summed E-state index contributed by atoms with van der Waals surface area (Å²) < 4.78 is 0. The zero-order chi connectivity index (χ0) is 14.0. The number of amides is 1. The highest BCUT2D eigenvalue weighted by Crippen LogP contribution is 2.24. The molecule has 0 aliphatic carbocycles. The third-order valence-electron chi connectivity index (χ3n) is 3.37. The van der Waals surface area contributed by atoms with Gasteiger partial charge >= 0.3 is 0 Å². The van der Waals surface area contributed by atoms with Crippen LogP contribution in [0.1, 0.15) is 30.1 Å². The number of nitrogens with zero attached hydrogens (tertiary/aromatic N) is 3. The maximum Gasteiger partial charge on any atom is 0.288 e. The summed E-state index contributed by atoms with van der Waals surface area (Å²) in [7, 11) is 1.64. The summed E-state index contributed by atoms with van der Waals surface area (Å²) >= 11 is 0. The summed E-state index contributed by atoms with van der Waals surface area (Å²) in [6, 6.07) is 1.45. The molecule has 1 amide bonds. The standard InChI is InChI=1S/C12H16N4O3/c1-8-4-3-5-15(8)12(17)10-6-9(16(18)19)7-14-11(10)13-2/h6-8H,3-5H2,1-2H3,(H,13,14). The number of aromatic nitrogens is 1. The highest BCUT2D eigenvalue weighted by atomic mass is 16.6. The fourth-order valence-corrected chi connectivity index (χ4v) is 2.31. The molecule has 1 aromatic rings. The van der Waals surface area contributed by atoms with Crippen molar-refractivity contribution in [1.82, 2.24) is 9.88 Å². The molecule has 1 unspecified atom stereocenters. The van der Waals surface area contributed by atoms with Gasteiger partial charge in [0.1, 0.15) is 12.0 Å². The van der Waals surface area contributed by atoms with Crippen molar-refractivity contribution in [1.29, 1.82) is 0 Å². The first-order valence-corrected chi connectivity index (χ1v) is 6.17. The molecule has 0 aromatic carbocycles. The lowest BCUT2D eigenvalue weighted by molar-refractivity contribution is -0.385. The zero-order valence-corrected chi connectivity index (χ0v) is 10.9. The largest absolute Gasteiger partial charge is 0.372 e. The lowest BCUT2D eigenvalue weighted by Gasteiger charge is -2.22. The highest BCUT2D eigenvalue weighted by Gasteiger charge is 2.29. The number of nitro groups is 1. The second kappa shape index (κ2) is 5.21. The summed E-state index contributed by atoms with van der Waals surface area (Å²) in [5, 5.41) is 13.6. The molecule has 102 valence electrons. The second-order valence-corrected chi connectivity index (χ2v) is 4.59. The van der Waals surface area contributed by atoms with Gasteiger partial charge in [-0.3, -0.25) is 14.9 Å². The monoisotopic (exact) mass is 264 g/mol.